The molecule has 2 atom stereocenters. The van der Waals surface area contributed by atoms with Crippen LogP contribution in [-0.2, 0) is 14.3 Å². The number of amides is 1. The lowest BCUT2D eigenvalue weighted by Gasteiger charge is -2.61. The minimum atomic E-state index is -0.751. The summed E-state index contributed by atoms with van der Waals surface area (Å²) in [6.07, 6.45) is 2.97. The molecule has 7 heteroatoms. The summed E-state index contributed by atoms with van der Waals surface area (Å²) in [6.45, 7) is 11.6. The number of quaternary nitrogens is 1. The third-order valence-corrected chi connectivity index (χ3v) is 7.07. The van der Waals surface area contributed by atoms with Gasteiger partial charge in [0, 0.05) is 25.0 Å². The highest BCUT2D eigenvalue weighted by Gasteiger charge is 2.67. The van der Waals surface area contributed by atoms with Crippen molar-refractivity contribution in [2.24, 2.45) is 16.6 Å². The first-order chi connectivity index (χ1) is 12.4. The van der Waals surface area contributed by atoms with E-state index in [9.17, 15) is 9.59 Å². The highest BCUT2D eigenvalue weighted by Crippen LogP contribution is 2.59. The molecule has 0 radical (unpaired) electrons. The normalized spacial score (nSPS) is 29.0. The summed E-state index contributed by atoms with van der Waals surface area (Å²) in [4.78, 5) is 25.1. The average molecular weight is 384 g/mol. The van der Waals surface area contributed by atoms with Gasteiger partial charge in [0.25, 0.3) is 0 Å². The van der Waals surface area contributed by atoms with Crippen LogP contribution in [0.5, 0.6) is 0 Å². The van der Waals surface area contributed by atoms with E-state index in [4.69, 9.17) is 10.5 Å². The molecule has 0 aromatic carbocycles. The number of rotatable bonds is 9. The second-order valence-electron chi connectivity index (χ2n) is 9.80. The SMILES string of the molecule is CC[N+](C)(C)CCOC(=O)C1(C(C)(C)CNN2CCCC2=O)CCC1(C)N. The molecule has 1 amide bonds. The van der Waals surface area contributed by atoms with Gasteiger partial charge >= 0.3 is 5.97 Å². The molecular formula is C20H39N4O3+. The van der Waals surface area contributed by atoms with Crippen LogP contribution in [0.3, 0.4) is 0 Å². The molecule has 2 unspecified atom stereocenters. The van der Waals surface area contributed by atoms with Crippen LogP contribution in [0.15, 0.2) is 0 Å². The molecule has 1 heterocycles. The second-order valence-corrected chi connectivity index (χ2v) is 9.80. The van der Waals surface area contributed by atoms with Gasteiger partial charge < -0.3 is 15.0 Å². The molecule has 0 spiro atoms. The van der Waals surface area contributed by atoms with Gasteiger partial charge in [-0.15, -0.1) is 0 Å². The Morgan fingerprint density at radius 1 is 1.37 bits per heavy atom. The lowest BCUT2D eigenvalue weighted by atomic mass is 9.45. The fourth-order valence-electron chi connectivity index (χ4n) is 4.42. The Morgan fingerprint density at radius 3 is 2.48 bits per heavy atom. The van der Waals surface area contributed by atoms with E-state index >= 15 is 0 Å². The number of ether oxygens (including phenoxy) is 1. The van der Waals surface area contributed by atoms with Crippen molar-refractivity contribution in [3.05, 3.63) is 0 Å². The van der Waals surface area contributed by atoms with Gasteiger partial charge in [-0.3, -0.25) is 14.6 Å². The zero-order valence-corrected chi connectivity index (χ0v) is 18.1. The second kappa shape index (κ2) is 7.68. The Morgan fingerprint density at radius 2 is 2.04 bits per heavy atom. The van der Waals surface area contributed by atoms with E-state index in [0.717, 1.165) is 37.0 Å². The first-order valence-electron chi connectivity index (χ1n) is 10.2. The highest BCUT2D eigenvalue weighted by atomic mass is 16.5. The van der Waals surface area contributed by atoms with Crippen LogP contribution in [-0.4, -0.2) is 73.8 Å². The van der Waals surface area contributed by atoms with E-state index < -0.39 is 16.4 Å². The third kappa shape index (κ3) is 4.15. The summed E-state index contributed by atoms with van der Waals surface area (Å²) >= 11 is 0. The van der Waals surface area contributed by atoms with Crippen molar-refractivity contribution in [2.45, 2.75) is 58.9 Å². The smallest absolute Gasteiger partial charge is 0.314 e. The molecule has 2 aliphatic rings. The summed E-state index contributed by atoms with van der Waals surface area (Å²) in [5.74, 6) is -0.0829. The van der Waals surface area contributed by atoms with Gasteiger partial charge in [0.1, 0.15) is 13.2 Å². The maximum Gasteiger partial charge on any atom is 0.314 e. The van der Waals surface area contributed by atoms with Gasteiger partial charge in [-0.25, -0.2) is 5.43 Å². The standard InChI is InChI=1S/C20H39N4O3/c1-7-24(5,6)13-14-27-17(26)20(11-10-19(20,4)21)18(2,3)15-22-23-12-8-9-16(23)25/h22H,7-15,21H2,1-6H3/q+1. The number of hydrogen-bond donors (Lipinski definition) is 2. The van der Waals surface area contributed by atoms with Gasteiger partial charge in [-0.2, -0.15) is 0 Å². The molecule has 3 N–H and O–H groups in total. The molecule has 1 aliphatic carbocycles. The number of carbonyl (C=O) groups is 2. The topological polar surface area (TPSA) is 84.7 Å². The Balaban J connectivity index is 2.08. The lowest BCUT2D eigenvalue weighted by Crippen LogP contribution is -2.72. The zero-order valence-electron chi connectivity index (χ0n) is 18.1. The van der Waals surface area contributed by atoms with Crippen molar-refractivity contribution in [2.75, 3.05) is 46.9 Å². The number of hydrazine groups is 1. The molecule has 1 saturated carbocycles. The largest absolute Gasteiger partial charge is 0.459 e. The lowest BCUT2D eigenvalue weighted by molar-refractivity contribution is -0.888. The molecule has 0 bridgehead atoms. The first-order valence-corrected chi connectivity index (χ1v) is 10.2. The number of nitrogens with zero attached hydrogens (tertiary/aromatic N) is 2. The number of hydrogen-bond acceptors (Lipinski definition) is 5. The van der Waals surface area contributed by atoms with Crippen molar-refractivity contribution < 1.29 is 18.8 Å². The maximum atomic E-state index is 13.2. The van der Waals surface area contributed by atoms with Crippen LogP contribution in [0.25, 0.3) is 0 Å². The monoisotopic (exact) mass is 383 g/mol. The molecule has 2 fully saturated rings. The molecule has 156 valence electrons. The van der Waals surface area contributed by atoms with E-state index in [1.807, 2.05) is 6.92 Å². The van der Waals surface area contributed by atoms with Gasteiger partial charge in [-0.05, 0) is 38.5 Å². The van der Waals surface area contributed by atoms with Crippen molar-refractivity contribution in [3.8, 4) is 0 Å². The van der Waals surface area contributed by atoms with Crippen molar-refractivity contribution in [3.63, 3.8) is 0 Å². The highest BCUT2D eigenvalue weighted by molar-refractivity contribution is 5.81. The van der Waals surface area contributed by atoms with Gasteiger partial charge in [0.05, 0.1) is 26.1 Å². The number of carbonyl (C=O) groups excluding carboxylic acids is 2. The number of nitrogens with two attached hydrogens (primary N) is 1. The summed E-state index contributed by atoms with van der Waals surface area (Å²) in [6, 6.07) is 0. The van der Waals surface area contributed by atoms with Crippen molar-refractivity contribution in [1.82, 2.24) is 10.4 Å². The Labute approximate surface area is 164 Å². The van der Waals surface area contributed by atoms with Crippen LogP contribution < -0.4 is 11.2 Å². The molecule has 0 aromatic heterocycles. The molecule has 1 saturated heterocycles. The maximum absolute atomic E-state index is 13.2. The van der Waals surface area contributed by atoms with Gasteiger partial charge in [0.2, 0.25) is 5.91 Å². The van der Waals surface area contributed by atoms with Crippen LogP contribution in [0, 0.1) is 10.8 Å². The van der Waals surface area contributed by atoms with Gasteiger partial charge in [0.15, 0.2) is 0 Å². The Kier molecular flexibility index (Phi) is 6.29. The number of esters is 1. The summed E-state index contributed by atoms with van der Waals surface area (Å²) in [5.41, 5.74) is 8.01. The van der Waals surface area contributed by atoms with Crippen molar-refractivity contribution >= 4 is 11.9 Å². The van der Waals surface area contributed by atoms with Crippen LogP contribution in [0.4, 0.5) is 0 Å². The summed E-state index contributed by atoms with van der Waals surface area (Å²) in [7, 11) is 4.25. The molecule has 1 aliphatic heterocycles. The number of likely N-dealkylation sites (N-methyl/N-ethyl adjacent to an activating group) is 1. The molecule has 7 nitrogen and oxygen atoms in total. The summed E-state index contributed by atoms with van der Waals surface area (Å²) in [5, 5.41) is 1.68. The average Bonchev–Trinajstić information content (AvgIpc) is 2.97. The van der Waals surface area contributed by atoms with Gasteiger partial charge in [-0.1, -0.05) is 13.8 Å². The van der Waals surface area contributed by atoms with E-state index in [0.29, 0.717) is 26.0 Å². The Hall–Kier alpha value is -1.18. The third-order valence-electron chi connectivity index (χ3n) is 7.07. The Bertz CT molecular complexity index is 574. The summed E-state index contributed by atoms with van der Waals surface area (Å²) < 4.78 is 6.57. The van der Waals surface area contributed by atoms with E-state index in [1.165, 1.54) is 0 Å². The van der Waals surface area contributed by atoms with E-state index in [-0.39, 0.29) is 11.9 Å². The molecular weight excluding hydrogens is 344 g/mol. The number of nitrogens with one attached hydrogen (secondary N) is 1. The van der Waals surface area contributed by atoms with Crippen LogP contribution in [0.1, 0.15) is 53.4 Å². The van der Waals surface area contributed by atoms with E-state index in [1.54, 1.807) is 5.01 Å². The fraction of sp³-hybridized carbons (Fsp3) is 0.900. The van der Waals surface area contributed by atoms with E-state index in [2.05, 4.69) is 40.3 Å². The fourth-order valence-corrected chi connectivity index (χ4v) is 4.42. The quantitative estimate of drug-likeness (QED) is 0.463. The zero-order chi connectivity index (χ0) is 20.5. The minimum absolute atomic E-state index is 0.117. The molecule has 27 heavy (non-hydrogen) atoms. The van der Waals surface area contributed by atoms with Crippen LogP contribution >= 0.6 is 0 Å². The predicted octanol–water partition coefficient (Wildman–Crippen LogP) is 1.28. The first kappa shape index (κ1) is 22.1. The predicted molar refractivity (Wildman–Crippen MR) is 105 cm³/mol. The van der Waals surface area contributed by atoms with Crippen LogP contribution in [0.2, 0.25) is 0 Å². The molecule has 2 rings (SSSR count). The molecule has 0 aromatic rings. The minimum Gasteiger partial charge on any atom is -0.459 e. The van der Waals surface area contributed by atoms with Crippen molar-refractivity contribution in [1.29, 1.82) is 0 Å².